The summed E-state index contributed by atoms with van der Waals surface area (Å²) in [6.07, 6.45) is 5.51. The third-order valence-electron chi connectivity index (χ3n) is 7.35. The van der Waals surface area contributed by atoms with Crippen molar-refractivity contribution in [2.75, 3.05) is 33.7 Å². The number of hydrogen-bond donors (Lipinski definition) is 2. The van der Waals surface area contributed by atoms with Crippen LogP contribution in [0.15, 0.2) is 18.2 Å². The second-order valence-corrected chi connectivity index (χ2v) is 11.1. The number of hydrogen-bond acceptors (Lipinski definition) is 4. The van der Waals surface area contributed by atoms with Gasteiger partial charge in [0.1, 0.15) is 5.75 Å². The second kappa shape index (κ2) is 7.27. The summed E-state index contributed by atoms with van der Waals surface area (Å²) in [5, 5.41) is 10.2. The molecule has 156 valence electrons. The van der Waals surface area contributed by atoms with Crippen molar-refractivity contribution in [2.45, 2.75) is 50.5 Å². The lowest BCUT2D eigenvalue weighted by Gasteiger charge is -2.56. The molecule has 0 aromatic heterocycles. The molecule has 6 nitrogen and oxygen atoms in total. The molecule has 1 heterocycles. The highest BCUT2D eigenvalue weighted by Crippen LogP contribution is 2.52. The molecule has 2 N–H and O–H groups in total. The second-order valence-electron chi connectivity index (χ2n) is 9.18. The number of nitrogens with zero attached hydrogens (tertiary/aromatic N) is 2. The molecular weight excluding hydrogens is 374 g/mol. The van der Waals surface area contributed by atoms with E-state index in [2.05, 4.69) is 22.6 Å². The minimum atomic E-state index is -3.43. The predicted molar refractivity (Wildman–Crippen MR) is 111 cm³/mol. The van der Waals surface area contributed by atoms with Gasteiger partial charge in [0.15, 0.2) is 0 Å². The standard InChI is InChI=1S/C21H33N3O3S/c1-15-20-12-17-6-7-18(25)13-19(17)21(15,8-10-22-28(26,27)23(2)3)9-11-24(20)14-16-4-5-16/h6-7,13,15-16,20,22,25H,4-5,8-12,14H2,1-3H3/t15-,20+,21-/m0/s1. The fourth-order valence-electron chi connectivity index (χ4n) is 5.42. The van der Waals surface area contributed by atoms with Gasteiger partial charge in [-0.1, -0.05) is 13.0 Å². The normalized spacial score (nSPS) is 30.4. The van der Waals surface area contributed by atoms with Crippen LogP contribution in [0.2, 0.25) is 0 Å². The van der Waals surface area contributed by atoms with Crippen LogP contribution in [0, 0.1) is 11.8 Å². The Hall–Kier alpha value is -1.15. The number of phenols is 1. The van der Waals surface area contributed by atoms with Crippen molar-refractivity contribution in [3.05, 3.63) is 29.3 Å². The van der Waals surface area contributed by atoms with Gasteiger partial charge in [-0.25, -0.2) is 4.72 Å². The molecule has 1 saturated carbocycles. The molecule has 0 unspecified atom stereocenters. The van der Waals surface area contributed by atoms with Crippen LogP contribution in [0.1, 0.15) is 43.7 Å². The van der Waals surface area contributed by atoms with Gasteiger partial charge in [-0.15, -0.1) is 0 Å². The van der Waals surface area contributed by atoms with E-state index in [0.29, 0.717) is 24.3 Å². The highest BCUT2D eigenvalue weighted by atomic mass is 32.2. The van der Waals surface area contributed by atoms with E-state index in [0.717, 1.165) is 31.7 Å². The summed E-state index contributed by atoms with van der Waals surface area (Å²) in [6, 6.07) is 6.29. The lowest BCUT2D eigenvalue weighted by molar-refractivity contribution is 0.0164. The zero-order valence-corrected chi connectivity index (χ0v) is 18.0. The maximum absolute atomic E-state index is 12.2. The molecule has 1 aliphatic heterocycles. The van der Waals surface area contributed by atoms with Crippen LogP contribution in [0.4, 0.5) is 0 Å². The molecule has 2 bridgehead atoms. The molecule has 7 heteroatoms. The Kier molecular flexibility index (Phi) is 5.23. The summed E-state index contributed by atoms with van der Waals surface area (Å²) in [5.41, 5.74) is 2.45. The summed E-state index contributed by atoms with van der Waals surface area (Å²) in [7, 11) is -0.337. The molecule has 0 radical (unpaired) electrons. The van der Waals surface area contributed by atoms with Crippen LogP contribution in [0.3, 0.4) is 0 Å². The molecule has 0 amide bonds. The van der Waals surface area contributed by atoms with Gasteiger partial charge < -0.3 is 5.11 Å². The summed E-state index contributed by atoms with van der Waals surface area (Å²) >= 11 is 0. The molecule has 0 spiro atoms. The molecule has 1 aromatic carbocycles. The molecule has 1 saturated heterocycles. The number of phenolic OH excluding ortho intramolecular Hbond substituents is 1. The minimum absolute atomic E-state index is 0.0914. The Balaban J connectivity index is 1.62. The summed E-state index contributed by atoms with van der Waals surface area (Å²) in [4.78, 5) is 2.68. The maximum atomic E-state index is 12.2. The first-order valence-electron chi connectivity index (χ1n) is 10.5. The smallest absolute Gasteiger partial charge is 0.278 e. The Bertz CT molecular complexity index is 837. The van der Waals surface area contributed by atoms with Gasteiger partial charge in [-0.2, -0.15) is 12.7 Å². The largest absolute Gasteiger partial charge is 0.508 e. The fourth-order valence-corrected chi connectivity index (χ4v) is 6.03. The number of rotatable bonds is 7. The minimum Gasteiger partial charge on any atom is -0.508 e. The third-order valence-corrected chi connectivity index (χ3v) is 8.88. The molecule has 2 aliphatic carbocycles. The average Bonchev–Trinajstić information content (AvgIpc) is 3.44. The first-order chi connectivity index (χ1) is 13.2. The molecule has 28 heavy (non-hydrogen) atoms. The number of benzene rings is 1. The Morgan fingerprint density at radius 1 is 1.32 bits per heavy atom. The predicted octanol–water partition coefficient (Wildman–Crippen LogP) is 2.09. The van der Waals surface area contributed by atoms with E-state index in [4.69, 9.17) is 0 Å². The molecule has 3 aliphatic rings. The molecule has 1 aromatic rings. The molecular formula is C21H33N3O3S. The molecule has 2 fully saturated rings. The third kappa shape index (κ3) is 3.58. The Labute approximate surface area is 169 Å². The van der Waals surface area contributed by atoms with Gasteiger partial charge in [0.25, 0.3) is 10.2 Å². The van der Waals surface area contributed by atoms with Gasteiger partial charge in [0.05, 0.1) is 0 Å². The lowest BCUT2D eigenvalue weighted by Crippen LogP contribution is -2.60. The van der Waals surface area contributed by atoms with Crippen LogP contribution in [0.5, 0.6) is 5.75 Å². The van der Waals surface area contributed by atoms with E-state index in [9.17, 15) is 13.5 Å². The highest BCUT2D eigenvalue weighted by Gasteiger charge is 2.51. The zero-order valence-electron chi connectivity index (χ0n) is 17.2. The number of likely N-dealkylation sites (tertiary alicyclic amines) is 1. The lowest BCUT2D eigenvalue weighted by atomic mass is 9.56. The quantitative estimate of drug-likeness (QED) is 0.726. The van der Waals surface area contributed by atoms with Crippen molar-refractivity contribution >= 4 is 10.2 Å². The van der Waals surface area contributed by atoms with E-state index >= 15 is 0 Å². The van der Waals surface area contributed by atoms with Crippen molar-refractivity contribution < 1.29 is 13.5 Å². The van der Waals surface area contributed by atoms with Crippen molar-refractivity contribution in [1.29, 1.82) is 0 Å². The van der Waals surface area contributed by atoms with Crippen molar-refractivity contribution in [3.8, 4) is 5.75 Å². The van der Waals surface area contributed by atoms with Crippen LogP contribution < -0.4 is 4.72 Å². The van der Waals surface area contributed by atoms with Crippen LogP contribution >= 0.6 is 0 Å². The van der Waals surface area contributed by atoms with E-state index in [1.165, 1.54) is 34.8 Å². The van der Waals surface area contributed by atoms with Gasteiger partial charge in [-0.05, 0) is 73.7 Å². The van der Waals surface area contributed by atoms with Crippen molar-refractivity contribution in [2.24, 2.45) is 11.8 Å². The van der Waals surface area contributed by atoms with Gasteiger partial charge in [0, 0.05) is 38.6 Å². The van der Waals surface area contributed by atoms with Crippen LogP contribution in [-0.2, 0) is 22.0 Å². The van der Waals surface area contributed by atoms with Crippen LogP contribution in [-0.4, -0.2) is 62.5 Å². The number of piperidine rings is 1. The van der Waals surface area contributed by atoms with Gasteiger partial charge in [-0.3, -0.25) is 4.90 Å². The maximum Gasteiger partial charge on any atom is 0.278 e. The topological polar surface area (TPSA) is 72.9 Å². The van der Waals surface area contributed by atoms with E-state index in [1.807, 2.05) is 6.07 Å². The molecule has 4 rings (SSSR count). The van der Waals surface area contributed by atoms with E-state index in [1.54, 1.807) is 20.2 Å². The van der Waals surface area contributed by atoms with E-state index < -0.39 is 10.2 Å². The van der Waals surface area contributed by atoms with Crippen molar-refractivity contribution in [3.63, 3.8) is 0 Å². The first kappa shape index (κ1) is 20.1. The Morgan fingerprint density at radius 3 is 2.75 bits per heavy atom. The van der Waals surface area contributed by atoms with Gasteiger partial charge in [0.2, 0.25) is 0 Å². The van der Waals surface area contributed by atoms with E-state index in [-0.39, 0.29) is 5.41 Å². The summed E-state index contributed by atoms with van der Waals surface area (Å²) < 4.78 is 28.3. The van der Waals surface area contributed by atoms with Crippen LogP contribution in [0.25, 0.3) is 0 Å². The monoisotopic (exact) mass is 407 g/mol. The van der Waals surface area contributed by atoms with Gasteiger partial charge >= 0.3 is 0 Å². The summed E-state index contributed by atoms with van der Waals surface area (Å²) in [6.45, 7) is 5.00. The Morgan fingerprint density at radius 2 is 2.07 bits per heavy atom. The fraction of sp³-hybridized carbons (Fsp3) is 0.714. The summed E-state index contributed by atoms with van der Waals surface area (Å²) in [5.74, 6) is 1.60. The highest BCUT2D eigenvalue weighted by molar-refractivity contribution is 7.87. The number of nitrogens with one attached hydrogen (secondary N) is 1. The SMILES string of the molecule is C[C@H]1[C@H]2Cc3ccc(O)cc3[C@@]1(CCNS(=O)(=O)N(C)C)CCN2CC1CC1. The first-order valence-corrected chi connectivity index (χ1v) is 11.9. The molecule has 3 atom stereocenters. The zero-order chi connectivity index (χ0) is 20.1. The number of aromatic hydroxyl groups is 1. The number of fused-ring (bicyclic) bond motifs is 4. The average molecular weight is 408 g/mol. The van der Waals surface area contributed by atoms with Crippen molar-refractivity contribution in [1.82, 2.24) is 13.9 Å².